The molecule has 1 N–H and O–H groups in total. The van der Waals surface area contributed by atoms with E-state index in [1.165, 1.54) is 19.2 Å². The van der Waals surface area contributed by atoms with E-state index in [-0.39, 0.29) is 54.7 Å². The zero-order chi connectivity index (χ0) is 20.0. The SMILES string of the molecule is COc1cc([N+](=O)[O-])ccc1NC(=O)COC(=O)CCN1C(=O)CCC1=O. The molecule has 11 nitrogen and oxygen atoms in total. The highest BCUT2D eigenvalue weighted by Gasteiger charge is 2.29. The summed E-state index contributed by atoms with van der Waals surface area (Å²) in [6, 6.07) is 3.63. The summed E-state index contributed by atoms with van der Waals surface area (Å²) in [5, 5.41) is 13.1. The van der Waals surface area contributed by atoms with Gasteiger partial charge >= 0.3 is 5.97 Å². The number of carbonyl (C=O) groups excluding carboxylic acids is 4. The van der Waals surface area contributed by atoms with E-state index in [9.17, 15) is 29.3 Å². The molecule has 0 aromatic heterocycles. The van der Waals surface area contributed by atoms with Crippen molar-refractivity contribution in [1.29, 1.82) is 0 Å². The van der Waals surface area contributed by atoms with Crippen LogP contribution < -0.4 is 10.1 Å². The molecule has 0 bridgehead atoms. The first kappa shape index (κ1) is 19.8. The Kier molecular flexibility index (Phi) is 6.41. The summed E-state index contributed by atoms with van der Waals surface area (Å²) in [5.74, 6) is -2.02. The van der Waals surface area contributed by atoms with Crippen LogP contribution in [0.2, 0.25) is 0 Å². The van der Waals surface area contributed by atoms with Crippen LogP contribution >= 0.6 is 0 Å². The topological polar surface area (TPSA) is 145 Å². The third kappa shape index (κ3) is 5.23. The van der Waals surface area contributed by atoms with E-state index in [2.05, 4.69) is 5.32 Å². The second kappa shape index (κ2) is 8.74. The van der Waals surface area contributed by atoms with E-state index in [0.717, 1.165) is 11.0 Å². The Bertz CT molecular complexity index is 776. The van der Waals surface area contributed by atoms with E-state index < -0.39 is 23.4 Å². The zero-order valence-electron chi connectivity index (χ0n) is 14.4. The second-order valence-corrected chi connectivity index (χ2v) is 5.54. The fraction of sp³-hybridized carbons (Fsp3) is 0.375. The van der Waals surface area contributed by atoms with Gasteiger partial charge in [-0.25, -0.2) is 0 Å². The van der Waals surface area contributed by atoms with Gasteiger partial charge in [0.05, 0.1) is 30.2 Å². The lowest BCUT2D eigenvalue weighted by Gasteiger charge is -2.13. The van der Waals surface area contributed by atoms with Crippen molar-refractivity contribution in [2.45, 2.75) is 19.3 Å². The molecule has 1 aliphatic rings. The van der Waals surface area contributed by atoms with Gasteiger partial charge in [0.15, 0.2) is 6.61 Å². The van der Waals surface area contributed by atoms with Crippen LogP contribution in [0.15, 0.2) is 18.2 Å². The van der Waals surface area contributed by atoms with Crippen LogP contribution in [0, 0.1) is 10.1 Å². The molecular weight excluding hydrogens is 362 g/mol. The number of hydrogen-bond acceptors (Lipinski definition) is 8. The lowest BCUT2D eigenvalue weighted by atomic mass is 10.2. The van der Waals surface area contributed by atoms with Gasteiger partial charge in [-0.2, -0.15) is 0 Å². The molecular formula is C16H17N3O8. The van der Waals surface area contributed by atoms with Crippen molar-refractivity contribution in [3.05, 3.63) is 28.3 Å². The number of likely N-dealkylation sites (tertiary alicyclic amines) is 1. The monoisotopic (exact) mass is 379 g/mol. The summed E-state index contributed by atoms with van der Waals surface area (Å²) in [6.07, 6.45) is 0.0479. The van der Waals surface area contributed by atoms with Crippen molar-refractivity contribution < 1.29 is 33.6 Å². The highest BCUT2D eigenvalue weighted by molar-refractivity contribution is 6.02. The summed E-state index contributed by atoms with van der Waals surface area (Å²) in [4.78, 5) is 57.5. The molecule has 0 atom stereocenters. The number of ether oxygens (including phenoxy) is 2. The lowest BCUT2D eigenvalue weighted by Crippen LogP contribution is -2.32. The summed E-state index contributed by atoms with van der Waals surface area (Å²) in [6.45, 7) is -0.685. The van der Waals surface area contributed by atoms with Crippen molar-refractivity contribution in [2.75, 3.05) is 25.6 Å². The number of rotatable bonds is 8. The Morgan fingerprint density at radius 3 is 2.52 bits per heavy atom. The Labute approximate surface area is 153 Å². The highest BCUT2D eigenvalue weighted by Crippen LogP contribution is 2.28. The first-order valence-electron chi connectivity index (χ1n) is 7.93. The van der Waals surface area contributed by atoms with Gasteiger partial charge in [0, 0.05) is 25.5 Å². The molecule has 0 aliphatic carbocycles. The molecule has 1 saturated heterocycles. The van der Waals surface area contributed by atoms with E-state index in [4.69, 9.17) is 9.47 Å². The van der Waals surface area contributed by atoms with Crippen LogP contribution in [-0.2, 0) is 23.9 Å². The fourth-order valence-corrected chi connectivity index (χ4v) is 2.38. The Morgan fingerprint density at radius 1 is 1.26 bits per heavy atom. The average molecular weight is 379 g/mol. The smallest absolute Gasteiger partial charge is 0.308 e. The molecule has 0 unspecified atom stereocenters. The Balaban J connectivity index is 1.82. The van der Waals surface area contributed by atoms with Crippen molar-refractivity contribution in [2.24, 2.45) is 0 Å². The molecule has 1 aromatic carbocycles. The summed E-state index contributed by atoms with van der Waals surface area (Å²) in [5.41, 5.74) is -0.0281. The number of nitro benzene ring substituents is 1. The first-order chi connectivity index (χ1) is 12.8. The molecule has 0 radical (unpaired) electrons. The van der Waals surface area contributed by atoms with E-state index in [1.54, 1.807) is 0 Å². The minimum absolute atomic E-state index is 0.0786. The first-order valence-corrected chi connectivity index (χ1v) is 7.93. The third-order valence-corrected chi connectivity index (χ3v) is 3.73. The fourth-order valence-electron chi connectivity index (χ4n) is 2.38. The number of esters is 1. The van der Waals surface area contributed by atoms with Crippen LogP contribution in [0.4, 0.5) is 11.4 Å². The van der Waals surface area contributed by atoms with E-state index >= 15 is 0 Å². The van der Waals surface area contributed by atoms with Crippen molar-refractivity contribution in [3.8, 4) is 5.75 Å². The number of carbonyl (C=O) groups is 4. The number of non-ortho nitro benzene ring substituents is 1. The number of nitro groups is 1. The van der Waals surface area contributed by atoms with Gasteiger partial charge in [0.2, 0.25) is 11.8 Å². The largest absolute Gasteiger partial charge is 0.494 e. The van der Waals surface area contributed by atoms with Crippen LogP contribution in [0.25, 0.3) is 0 Å². The summed E-state index contributed by atoms with van der Waals surface area (Å²) < 4.78 is 9.77. The molecule has 27 heavy (non-hydrogen) atoms. The number of anilines is 1. The number of methoxy groups -OCH3 is 1. The third-order valence-electron chi connectivity index (χ3n) is 3.73. The van der Waals surface area contributed by atoms with Crippen molar-refractivity contribution >= 4 is 35.1 Å². The van der Waals surface area contributed by atoms with Crippen LogP contribution in [0.3, 0.4) is 0 Å². The molecule has 144 valence electrons. The highest BCUT2D eigenvalue weighted by atomic mass is 16.6. The number of benzene rings is 1. The van der Waals surface area contributed by atoms with Gasteiger partial charge in [0.25, 0.3) is 11.6 Å². The van der Waals surface area contributed by atoms with Crippen molar-refractivity contribution in [3.63, 3.8) is 0 Å². The molecule has 1 fully saturated rings. The van der Waals surface area contributed by atoms with Gasteiger partial charge in [-0.3, -0.25) is 34.2 Å². The van der Waals surface area contributed by atoms with Crippen molar-refractivity contribution in [1.82, 2.24) is 4.90 Å². The summed E-state index contributed by atoms with van der Waals surface area (Å²) >= 11 is 0. The molecule has 2 rings (SSSR count). The van der Waals surface area contributed by atoms with Gasteiger partial charge in [0.1, 0.15) is 5.75 Å². The van der Waals surface area contributed by atoms with Gasteiger partial charge < -0.3 is 14.8 Å². The van der Waals surface area contributed by atoms with Crippen LogP contribution in [0.5, 0.6) is 5.75 Å². The Morgan fingerprint density at radius 2 is 1.93 bits per heavy atom. The minimum Gasteiger partial charge on any atom is -0.494 e. The zero-order valence-corrected chi connectivity index (χ0v) is 14.4. The maximum atomic E-state index is 11.9. The van der Waals surface area contributed by atoms with Gasteiger partial charge in [-0.15, -0.1) is 0 Å². The van der Waals surface area contributed by atoms with Gasteiger partial charge in [-0.05, 0) is 6.07 Å². The Hall–Kier alpha value is -3.50. The van der Waals surface area contributed by atoms with E-state index in [0.29, 0.717) is 0 Å². The molecule has 11 heteroatoms. The second-order valence-electron chi connectivity index (χ2n) is 5.54. The quantitative estimate of drug-likeness (QED) is 0.299. The number of hydrogen-bond donors (Lipinski definition) is 1. The number of nitrogens with one attached hydrogen (secondary N) is 1. The molecule has 1 aromatic rings. The normalized spacial score (nSPS) is 13.4. The molecule has 0 spiro atoms. The lowest BCUT2D eigenvalue weighted by molar-refractivity contribution is -0.384. The maximum absolute atomic E-state index is 11.9. The minimum atomic E-state index is -0.742. The molecule has 1 heterocycles. The van der Waals surface area contributed by atoms with Gasteiger partial charge in [-0.1, -0.05) is 0 Å². The van der Waals surface area contributed by atoms with Crippen LogP contribution in [-0.4, -0.2) is 53.8 Å². The predicted octanol–water partition coefficient (Wildman–Crippen LogP) is 0.624. The maximum Gasteiger partial charge on any atom is 0.308 e. The predicted molar refractivity (Wildman–Crippen MR) is 89.8 cm³/mol. The number of amides is 3. The molecule has 0 saturated carbocycles. The number of imide groups is 1. The summed E-state index contributed by atoms with van der Waals surface area (Å²) in [7, 11) is 1.29. The number of nitrogens with zero attached hydrogens (tertiary/aromatic N) is 2. The average Bonchev–Trinajstić information content (AvgIpc) is 2.96. The standard InChI is InChI=1S/C16H17N3O8/c1-26-12-8-10(19(24)25)2-3-11(12)17-13(20)9-27-16(23)6-7-18-14(21)4-5-15(18)22/h2-3,8H,4-7,9H2,1H3,(H,17,20). The molecule has 3 amide bonds. The van der Waals surface area contributed by atoms with Crippen LogP contribution in [0.1, 0.15) is 19.3 Å². The van der Waals surface area contributed by atoms with E-state index in [1.807, 2.05) is 0 Å². The molecule has 1 aliphatic heterocycles.